The van der Waals surface area contributed by atoms with E-state index in [9.17, 15) is 8.42 Å². The molecule has 0 aromatic heterocycles. The van der Waals surface area contributed by atoms with Crippen molar-refractivity contribution in [1.29, 1.82) is 0 Å². The number of hydrogen-bond acceptors (Lipinski definition) is 3. The molecule has 0 amide bonds. The molecule has 0 radical (unpaired) electrons. The Labute approximate surface area is 133 Å². The molecule has 0 bridgehead atoms. The molecule has 2 rings (SSSR count). The van der Waals surface area contributed by atoms with Crippen molar-refractivity contribution in [2.45, 2.75) is 24.8 Å². The van der Waals surface area contributed by atoms with Crippen LogP contribution in [0.5, 0.6) is 0 Å². The van der Waals surface area contributed by atoms with Crippen LogP contribution >= 0.6 is 15.9 Å². The van der Waals surface area contributed by atoms with Crippen LogP contribution in [0.3, 0.4) is 0 Å². The van der Waals surface area contributed by atoms with Gasteiger partial charge in [-0.3, -0.25) is 4.72 Å². The molecule has 21 heavy (non-hydrogen) atoms. The maximum atomic E-state index is 12.4. The average Bonchev–Trinajstić information content (AvgIpc) is 2.46. The molecule has 2 aromatic carbocycles. The Kier molecular flexibility index (Phi) is 5.03. The van der Waals surface area contributed by atoms with E-state index in [0.29, 0.717) is 15.7 Å². The van der Waals surface area contributed by atoms with Crippen LogP contribution in [0, 0.1) is 0 Å². The van der Waals surface area contributed by atoms with Gasteiger partial charge in [-0.15, -0.1) is 0 Å². The summed E-state index contributed by atoms with van der Waals surface area (Å²) in [6.07, 6.45) is 0.838. The maximum Gasteiger partial charge on any atom is 0.263 e. The molecule has 0 spiro atoms. The minimum Gasteiger partial charge on any atom is -0.392 e. The van der Waals surface area contributed by atoms with Gasteiger partial charge >= 0.3 is 0 Å². The fourth-order valence-corrected chi connectivity index (χ4v) is 4.10. The second kappa shape index (κ2) is 6.60. The van der Waals surface area contributed by atoms with Gasteiger partial charge in [-0.2, -0.15) is 0 Å². The summed E-state index contributed by atoms with van der Waals surface area (Å²) < 4.78 is 27.8. The number of nitrogens with one attached hydrogen (secondary N) is 1. The molecule has 6 heteroatoms. The highest BCUT2D eigenvalue weighted by Crippen LogP contribution is 2.25. The maximum absolute atomic E-state index is 12.4. The summed E-state index contributed by atoms with van der Waals surface area (Å²) in [6, 6.07) is 11.9. The second-order valence-corrected chi connectivity index (χ2v) is 7.09. The predicted octanol–water partition coefficient (Wildman–Crippen LogP) is 3.30. The third-order valence-corrected chi connectivity index (χ3v) is 5.41. The largest absolute Gasteiger partial charge is 0.392 e. The zero-order valence-electron chi connectivity index (χ0n) is 11.5. The van der Waals surface area contributed by atoms with E-state index in [2.05, 4.69) is 20.7 Å². The van der Waals surface area contributed by atoms with Gasteiger partial charge in [-0.1, -0.05) is 25.1 Å². The molecule has 112 valence electrons. The smallest absolute Gasteiger partial charge is 0.263 e. The minimum absolute atomic E-state index is 0.134. The molecule has 0 aliphatic heterocycles. The van der Waals surface area contributed by atoms with Gasteiger partial charge in [-0.05, 0) is 57.7 Å². The highest BCUT2D eigenvalue weighted by atomic mass is 79.9. The van der Waals surface area contributed by atoms with Crippen LogP contribution in [-0.4, -0.2) is 13.5 Å². The lowest BCUT2D eigenvalue weighted by molar-refractivity contribution is 0.281. The van der Waals surface area contributed by atoms with Gasteiger partial charge in [0.05, 0.1) is 6.61 Å². The SMILES string of the molecule is CCc1cccc(NS(=O)(=O)c2ccc(CO)cc2Br)c1. The zero-order valence-corrected chi connectivity index (χ0v) is 13.9. The minimum atomic E-state index is -3.67. The van der Waals surface area contributed by atoms with E-state index < -0.39 is 10.0 Å². The molecular weight excluding hydrogens is 354 g/mol. The van der Waals surface area contributed by atoms with Crippen LogP contribution in [0.2, 0.25) is 0 Å². The average molecular weight is 370 g/mol. The summed E-state index contributed by atoms with van der Waals surface area (Å²) in [6.45, 7) is 1.88. The number of hydrogen-bond donors (Lipinski definition) is 2. The molecule has 0 saturated carbocycles. The Morgan fingerprint density at radius 3 is 2.52 bits per heavy atom. The number of aliphatic hydroxyl groups is 1. The van der Waals surface area contributed by atoms with Gasteiger partial charge in [0.1, 0.15) is 4.90 Å². The van der Waals surface area contributed by atoms with Crippen molar-refractivity contribution in [3.63, 3.8) is 0 Å². The molecule has 0 atom stereocenters. The first kappa shape index (κ1) is 16.0. The highest BCUT2D eigenvalue weighted by molar-refractivity contribution is 9.10. The molecule has 0 aliphatic rings. The Morgan fingerprint density at radius 1 is 1.14 bits per heavy atom. The Balaban J connectivity index is 2.33. The fourth-order valence-electron chi connectivity index (χ4n) is 1.93. The van der Waals surface area contributed by atoms with Gasteiger partial charge in [0, 0.05) is 10.2 Å². The van der Waals surface area contributed by atoms with E-state index in [1.165, 1.54) is 6.07 Å². The third-order valence-electron chi connectivity index (χ3n) is 3.06. The highest BCUT2D eigenvalue weighted by Gasteiger charge is 2.18. The van der Waals surface area contributed by atoms with E-state index in [0.717, 1.165) is 12.0 Å². The van der Waals surface area contributed by atoms with Crippen LogP contribution in [0.4, 0.5) is 5.69 Å². The molecule has 0 aliphatic carbocycles. The number of aliphatic hydroxyl groups excluding tert-OH is 1. The molecule has 2 N–H and O–H groups in total. The van der Waals surface area contributed by atoms with Crippen LogP contribution in [-0.2, 0) is 23.1 Å². The topological polar surface area (TPSA) is 66.4 Å². The molecule has 0 saturated heterocycles. The Morgan fingerprint density at radius 2 is 1.90 bits per heavy atom. The summed E-state index contributed by atoms with van der Waals surface area (Å²) in [4.78, 5) is 0.140. The molecular formula is C15H16BrNO3S. The number of halogens is 1. The standard InChI is InChI=1S/C15H16BrNO3S/c1-2-11-4-3-5-13(8-11)17-21(19,20)15-7-6-12(10-18)9-14(15)16/h3-9,17-18H,2,10H2,1H3. The molecule has 0 fully saturated rings. The molecule has 0 heterocycles. The van der Waals surface area contributed by atoms with Crippen molar-refractivity contribution in [3.8, 4) is 0 Å². The fraction of sp³-hybridized carbons (Fsp3) is 0.200. The summed E-state index contributed by atoms with van der Waals surface area (Å²) >= 11 is 3.23. The number of rotatable bonds is 5. The van der Waals surface area contributed by atoms with Gasteiger partial charge in [-0.25, -0.2) is 8.42 Å². The Bertz CT molecular complexity index is 744. The van der Waals surface area contributed by atoms with E-state index in [4.69, 9.17) is 5.11 Å². The van der Waals surface area contributed by atoms with E-state index in [1.807, 2.05) is 25.1 Å². The van der Waals surface area contributed by atoms with Crippen LogP contribution in [0.15, 0.2) is 51.8 Å². The van der Waals surface area contributed by atoms with E-state index >= 15 is 0 Å². The summed E-state index contributed by atoms with van der Waals surface area (Å²) in [5.74, 6) is 0. The third kappa shape index (κ3) is 3.84. The number of aryl methyl sites for hydroxylation is 1. The lowest BCUT2D eigenvalue weighted by Crippen LogP contribution is -2.13. The Hall–Kier alpha value is -1.37. The van der Waals surface area contributed by atoms with Crippen molar-refractivity contribution < 1.29 is 13.5 Å². The second-order valence-electron chi connectivity index (χ2n) is 4.58. The van der Waals surface area contributed by atoms with Crippen molar-refractivity contribution in [2.24, 2.45) is 0 Å². The van der Waals surface area contributed by atoms with Crippen molar-refractivity contribution in [3.05, 3.63) is 58.1 Å². The normalized spacial score (nSPS) is 11.4. The van der Waals surface area contributed by atoms with Gasteiger partial charge < -0.3 is 5.11 Å². The van der Waals surface area contributed by atoms with Crippen molar-refractivity contribution in [2.75, 3.05) is 4.72 Å². The lowest BCUT2D eigenvalue weighted by Gasteiger charge is -2.11. The first-order valence-electron chi connectivity index (χ1n) is 6.47. The number of sulfonamides is 1. The number of benzene rings is 2. The number of anilines is 1. The predicted molar refractivity (Wildman–Crippen MR) is 86.7 cm³/mol. The van der Waals surface area contributed by atoms with Crippen molar-refractivity contribution in [1.82, 2.24) is 0 Å². The monoisotopic (exact) mass is 369 g/mol. The van der Waals surface area contributed by atoms with Crippen LogP contribution < -0.4 is 4.72 Å². The summed E-state index contributed by atoms with van der Waals surface area (Å²) in [5.41, 5.74) is 2.24. The molecule has 0 unspecified atom stereocenters. The lowest BCUT2D eigenvalue weighted by atomic mass is 10.1. The first-order chi connectivity index (χ1) is 9.96. The zero-order chi connectivity index (χ0) is 15.5. The quantitative estimate of drug-likeness (QED) is 0.849. The van der Waals surface area contributed by atoms with Crippen LogP contribution in [0.25, 0.3) is 0 Å². The first-order valence-corrected chi connectivity index (χ1v) is 8.75. The molecule has 2 aromatic rings. The van der Waals surface area contributed by atoms with Crippen molar-refractivity contribution >= 4 is 31.6 Å². The summed E-state index contributed by atoms with van der Waals surface area (Å²) in [5, 5.41) is 9.06. The van der Waals surface area contributed by atoms with Gasteiger partial charge in [0.2, 0.25) is 0 Å². The van der Waals surface area contributed by atoms with Gasteiger partial charge in [0.15, 0.2) is 0 Å². The van der Waals surface area contributed by atoms with E-state index in [1.54, 1.807) is 18.2 Å². The van der Waals surface area contributed by atoms with Crippen LogP contribution in [0.1, 0.15) is 18.1 Å². The van der Waals surface area contributed by atoms with Gasteiger partial charge in [0.25, 0.3) is 10.0 Å². The van der Waals surface area contributed by atoms with E-state index in [-0.39, 0.29) is 11.5 Å². The molecule has 4 nitrogen and oxygen atoms in total. The summed E-state index contributed by atoms with van der Waals surface area (Å²) in [7, 11) is -3.67.